The van der Waals surface area contributed by atoms with Gasteiger partial charge in [-0.3, -0.25) is 9.59 Å². The number of unbranched alkanes of at least 4 members (excludes halogenated alkanes) is 2. The zero-order valence-corrected chi connectivity index (χ0v) is 14.2. The fraction of sp³-hybridized carbons (Fsp3) is 0.765. The second-order valence-corrected chi connectivity index (χ2v) is 5.72. The monoisotopic (exact) mass is 310 g/mol. The molecular weight excluding hydrogens is 280 g/mol. The van der Waals surface area contributed by atoms with Gasteiger partial charge >= 0.3 is 0 Å². The van der Waals surface area contributed by atoms with Crippen LogP contribution in [-0.2, 0) is 14.3 Å². The molecule has 0 radical (unpaired) electrons. The van der Waals surface area contributed by atoms with Crippen molar-refractivity contribution >= 4 is 11.8 Å². The molecule has 2 aliphatic rings. The number of ether oxygens (including phenoxy) is 1. The molecule has 0 aromatic rings. The van der Waals surface area contributed by atoms with Crippen LogP contribution in [0.25, 0.3) is 0 Å². The van der Waals surface area contributed by atoms with E-state index in [-0.39, 0.29) is 11.8 Å². The zero-order chi connectivity index (χ0) is 16.4. The fourth-order valence-corrected chi connectivity index (χ4v) is 2.54. The number of rotatable bonds is 6. The third-order valence-corrected chi connectivity index (χ3v) is 3.77. The second kappa shape index (κ2) is 10.4. The molecule has 0 aromatic heterocycles. The summed E-state index contributed by atoms with van der Waals surface area (Å²) in [5.41, 5.74) is 0. The lowest BCUT2D eigenvalue weighted by Crippen LogP contribution is -2.48. The van der Waals surface area contributed by atoms with E-state index in [2.05, 4.69) is 6.92 Å². The molecule has 1 saturated heterocycles. The normalized spacial score (nSPS) is 18.4. The predicted octanol–water partition coefficient (Wildman–Crippen LogP) is 2.42. The van der Waals surface area contributed by atoms with Crippen molar-refractivity contribution in [3.63, 3.8) is 0 Å². The molecule has 5 nitrogen and oxygen atoms in total. The summed E-state index contributed by atoms with van der Waals surface area (Å²) in [4.78, 5) is 27.1. The maximum absolute atomic E-state index is 11.8. The van der Waals surface area contributed by atoms with Crippen LogP contribution in [0.15, 0.2) is 12.2 Å². The van der Waals surface area contributed by atoms with Crippen LogP contribution in [0.2, 0.25) is 0 Å². The molecule has 0 aliphatic carbocycles. The molecule has 22 heavy (non-hydrogen) atoms. The van der Waals surface area contributed by atoms with Crippen LogP contribution in [0, 0.1) is 5.92 Å². The molecule has 0 spiro atoms. The van der Waals surface area contributed by atoms with E-state index in [0.717, 1.165) is 32.4 Å². The van der Waals surface area contributed by atoms with E-state index in [1.54, 1.807) is 17.1 Å². The van der Waals surface area contributed by atoms with Gasteiger partial charge in [0.1, 0.15) is 6.73 Å². The zero-order valence-electron chi connectivity index (χ0n) is 14.2. The van der Waals surface area contributed by atoms with Gasteiger partial charge in [-0.25, -0.2) is 0 Å². The number of hydrogen-bond acceptors (Lipinski definition) is 3. The van der Waals surface area contributed by atoms with E-state index in [0.29, 0.717) is 32.2 Å². The molecule has 5 heteroatoms. The van der Waals surface area contributed by atoms with Gasteiger partial charge in [0, 0.05) is 32.1 Å². The highest BCUT2D eigenvalue weighted by atomic mass is 16.5. The van der Waals surface area contributed by atoms with Crippen LogP contribution in [0.1, 0.15) is 46.5 Å². The van der Waals surface area contributed by atoms with E-state index >= 15 is 0 Å². The molecule has 2 heterocycles. The lowest BCUT2D eigenvalue weighted by Gasteiger charge is -2.37. The Morgan fingerprint density at radius 2 is 2.00 bits per heavy atom. The molecule has 0 unspecified atom stereocenters. The van der Waals surface area contributed by atoms with Crippen molar-refractivity contribution < 1.29 is 14.3 Å². The molecule has 0 N–H and O–H groups in total. The van der Waals surface area contributed by atoms with Crippen LogP contribution in [-0.4, -0.2) is 54.6 Å². The van der Waals surface area contributed by atoms with Gasteiger partial charge in [0.15, 0.2) is 0 Å². The number of hydrogen-bond donors (Lipinski definition) is 0. The number of carbonyl (C=O) groups is 2. The standard InChI is InChI=1S/C15H24N2O3.C2H6/c1-13-10-17(11-13)15(19)6-3-2-4-8-16-12-20-9-5-7-14(16)18;1-2/h5,7,13H,2-4,6,8-12H2,1H3;1-2H3. The summed E-state index contributed by atoms with van der Waals surface area (Å²) in [7, 11) is 0. The molecule has 0 atom stereocenters. The van der Waals surface area contributed by atoms with E-state index in [4.69, 9.17) is 4.74 Å². The molecule has 2 amide bonds. The number of carbonyl (C=O) groups excluding carboxylic acids is 2. The highest BCUT2D eigenvalue weighted by Crippen LogP contribution is 2.16. The lowest BCUT2D eigenvalue weighted by molar-refractivity contribution is -0.137. The van der Waals surface area contributed by atoms with Gasteiger partial charge < -0.3 is 14.5 Å². The Morgan fingerprint density at radius 1 is 1.27 bits per heavy atom. The average Bonchev–Trinajstić information content (AvgIpc) is 2.70. The van der Waals surface area contributed by atoms with Crippen molar-refractivity contribution in [3.05, 3.63) is 12.2 Å². The number of likely N-dealkylation sites (tertiary alicyclic amines) is 1. The minimum Gasteiger partial charge on any atom is -0.357 e. The first-order chi connectivity index (χ1) is 10.7. The molecule has 2 aliphatic heterocycles. The Hall–Kier alpha value is -1.36. The molecule has 0 aromatic carbocycles. The summed E-state index contributed by atoms with van der Waals surface area (Å²) in [5.74, 6) is 0.967. The van der Waals surface area contributed by atoms with Gasteiger partial charge in [-0.15, -0.1) is 0 Å². The van der Waals surface area contributed by atoms with Gasteiger partial charge in [-0.2, -0.15) is 0 Å². The summed E-state index contributed by atoms with van der Waals surface area (Å²) >= 11 is 0. The maximum Gasteiger partial charge on any atom is 0.248 e. The third-order valence-electron chi connectivity index (χ3n) is 3.77. The van der Waals surface area contributed by atoms with Crippen molar-refractivity contribution in [2.24, 2.45) is 5.92 Å². The van der Waals surface area contributed by atoms with Crippen LogP contribution in [0.3, 0.4) is 0 Å². The minimum atomic E-state index is 0.0214. The predicted molar refractivity (Wildman–Crippen MR) is 87.2 cm³/mol. The Balaban J connectivity index is 0.00000116. The Kier molecular flexibility index (Phi) is 8.82. The number of amides is 2. The van der Waals surface area contributed by atoms with Crippen molar-refractivity contribution in [3.8, 4) is 0 Å². The summed E-state index contributed by atoms with van der Waals surface area (Å²) in [6, 6.07) is 0. The Labute approximate surface area is 134 Å². The quantitative estimate of drug-likeness (QED) is 0.708. The van der Waals surface area contributed by atoms with Crippen molar-refractivity contribution in [2.75, 3.05) is 33.0 Å². The third kappa shape index (κ3) is 6.18. The van der Waals surface area contributed by atoms with Gasteiger partial charge in [0.2, 0.25) is 11.8 Å². The van der Waals surface area contributed by atoms with Crippen molar-refractivity contribution in [1.29, 1.82) is 0 Å². The van der Waals surface area contributed by atoms with Gasteiger partial charge in [0.25, 0.3) is 0 Å². The molecule has 0 saturated carbocycles. The topological polar surface area (TPSA) is 49.9 Å². The molecular formula is C17H30N2O3. The first kappa shape index (κ1) is 18.7. The largest absolute Gasteiger partial charge is 0.357 e. The van der Waals surface area contributed by atoms with Crippen LogP contribution in [0.4, 0.5) is 0 Å². The molecule has 0 bridgehead atoms. The van der Waals surface area contributed by atoms with E-state index < -0.39 is 0 Å². The average molecular weight is 310 g/mol. The molecule has 126 valence electrons. The van der Waals surface area contributed by atoms with Crippen LogP contribution < -0.4 is 0 Å². The van der Waals surface area contributed by atoms with E-state index in [1.807, 2.05) is 18.7 Å². The maximum atomic E-state index is 11.8. The Morgan fingerprint density at radius 3 is 2.68 bits per heavy atom. The van der Waals surface area contributed by atoms with Crippen LogP contribution >= 0.6 is 0 Å². The van der Waals surface area contributed by atoms with E-state index in [9.17, 15) is 9.59 Å². The summed E-state index contributed by atoms with van der Waals surface area (Å²) in [6.07, 6.45) is 6.76. The van der Waals surface area contributed by atoms with Gasteiger partial charge in [-0.1, -0.05) is 33.3 Å². The van der Waals surface area contributed by atoms with Gasteiger partial charge in [-0.05, 0) is 18.8 Å². The highest BCUT2D eigenvalue weighted by Gasteiger charge is 2.26. The Bertz CT molecular complexity index is 376. The fourth-order valence-electron chi connectivity index (χ4n) is 2.54. The summed E-state index contributed by atoms with van der Waals surface area (Å²) in [6.45, 7) is 9.59. The first-order valence-corrected chi connectivity index (χ1v) is 8.48. The number of nitrogens with zero attached hydrogens (tertiary/aromatic N) is 2. The van der Waals surface area contributed by atoms with Crippen molar-refractivity contribution in [2.45, 2.75) is 46.5 Å². The van der Waals surface area contributed by atoms with Gasteiger partial charge in [0.05, 0.1) is 6.61 Å². The van der Waals surface area contributed by atoms with Crippen molar-refractivity contribution in [1.82, 2.24) is 9.80 Å². The molecule has 1 fully saturated rings. The lowest BCUT2D eigenvalue weighted by atomic mass is 10.0. The van der Waals surface area contributed by atoms with Crippen LogP contribution in [0.5, 0.6) is 0 Å². The first-order valence-electron chi connectivity index (χ1n) is 8.48. The minimum absolute atomic E-state index is 0.0214. The SMILES string of the molecule is CC.CC1CN(C(=O)CCCCCN2COCC=CC2=O)C1. The highest BCUT2D eigenvalue weighted by molar-refractivity contribution is 5.87. The van der Waals surface area contributed by atoms with E-state index in [1.165, 1.54) is 0 Å². The summed E-state index contributed by atoms with van der Waals surface area (Å²) in [5, 5.41) is 0. The second-order valence-electron chi connectivity index (χ2n) is 5.72. The smallest absolute Gasteiger partial charge is 0.248 e. The molecule has 2 rings (SSSR count). The summed E-state index contributed by atoms with van der Waals surface area (Å²) < 4.78 is 5.29.